The number of rotatable bonds is 4. The molecule has 0 aliphatic heterocycles. The Morgan fingerprint density at radius 2 is 2.00 bits per heavy atom. The molecule has 84 valence electrons. The van der Waals surface area contributed by atoms with Crippen molar-refractivity contribution in [2.45, 2.75) is 32.9 Å². The molecule has 0 aromatic heterocycles. The van der Waals surface area contributed by atoms with Gasteiger partial charge in [0.15, 0.2) is 0 Å². The number of aryl methyl sites for hydroxylation is 1. The first-order valence-corrected chi connectivity index (χ1v) is 5.89. The van der Waals surface area contributed by atoms with E-state index in [1.165, 1.54) is 5.56 Å². The van der Waals surface area contributed by atoms with Crippen molar-refractivity contribution in [1.29, 1.82) is 0 Å². The Labute approximate surface area is 100 Å². The van der Waals surface area contributed by atoms with Crippen LogP contribution in [0.3, 0.4) is 0 Å². The van der Waals surface area contributed by atoms with Gasteiger partial charge in [0.05, 0.1) is 6.10 Å². The number of hydrogen-bond acceptors (Lipinski definition) is 2. The molecule has 2 atom stereocenters. The SMILES string of the molecule is COC(C)C(C)Nc1ccc(C)c(Br)c1. The molecule has 0 saturated heterocycles. The van der Waals surface area contributed by atoms with Gasteiger partial charge in [-0.1, -0.05) is 22.0 Å². The highest BCUT2D eigenvalue weighted by molar-refractivity contribution is 9.10. The maximum Gasteiger partial charge on any atom is 0.0741 e. The Morgan fingerprint density at radius 1 is 1.33 bits per heavy atom. The third kappa shape index (κ3) is 3.50. The summed E-state index contributed by atoms with van der Waals surface area (Å²) in [6.07, 6.45) is 0.199. The van der Waals surface area contributed by atoms with Gasteiger partial charge in [-0.25, -0.2) is 0 Å². The van der Waals surface area contributed by atoms with Gasteiger partial charge in [-0.15, -0.1) is 0 Å². The molecule has 0 amide bonds. The van der Waals surface area contributed by atoms with E-state index < -0.39 is 0 Å². The van der Waals surface area contributed by atoms with Crippen molar-refractivity contribution < 1.29 is 4.74 Å². The Hall–Kier alpha value is -0.540. The number of anilines is 1. The molecule has 0 aliphatic rings. The average Bonchev–Trinajstić information content (AvgIpc) is 2.22. The standard InChI is InChI=1S/C12H18BrNO/c1-8-5-6-11(7-12(8)13)14-9(2)10(3)15-4/h5-7,9-10,14H,1-4H3. The summed E-state index contributed by atoms with van der Waals surface area (Å²) in [5.41, 5.74) is 2.36. The van der Waals surface area contributed by atoms with Gasteiger partial charge in [-0.3, -0.25) is 0 Å². The van der Waals surface area contributed by atoms with E-state index in [1.54, 1.807) is 7.11 Å². The van der Waals surface area contributed by atoms with Crippen molar-refractivity contribution in [3.63, 3.8) is 0 Å². The van der Waals surface area contributed by atoms with Crippen molar-refractivity contribution in [2.24, 2.45) is 0 Å². The van der Waals surface area contributed by atoms with Crippen LogP contribution >= 0.6 is 15.9 Å². The van der Waals surface area contributed by atoms with Crippen molar-refractivity contribution >= 4 is 21.6 Å². The molecule has 2 unspecified atom stereocenters. The van der Waals surface area contributed by atoms with Crippen LogP contribution < -0.4 is 5.32 Å². The number of halogens is 1. The summed E-state index contributed by atoms with van der Waals surface area (Å²) in [6.45, 7) is 6.25. The van der Waals surface area contributed by atoms with Gasteiger partial charge in [0.2, 0.25) is 0 Å². The molecule has 3 heteroatoms. The van der Waals surface area contributed by atoms with E-state index in [2.05, 4.69) is 60.2 Å². The molecular formula is C12H18BrNO. The molecule has 1 aromatic rings. The number of benzene rings is 1. The summed E-state index contributed by atoms with van der Waals surface area (Å²) in [4.78, 5) is 0. The lowest BCUT2D eigenvalue weighted by molar-refractivity contribution is 0.106. The minimum atomic E-state index is 0.199. The zero-order chi connectivity index (χ0) is 11.4. The Bertz CT molecular complexity index is 327. The second-order valence-corrected chi connectivity index (χ2v) is 4.69. The molecule has 1 N–H and O–H groups in total. The fourth-order valence-corrected chi connectivity index (χ4v) is 1.65. The lowest BCUT2D eigenvalue weighted by atomic mass is 10.2. The minimum absolute atomic E-state index is 0.199. The fourth-order valence-electron chi connectivity index (χ4n) is 1.27. The predicted molar refractivity (Wildman–Crippen MR) is 68.4 cm³/mol. The van der Waals surface area contributed by atoms with Gasteiger partial charge < -0.3 is 10.1 Å². The summed E-state index contributed by atoms with van der Waals surface area (Å²) >= 11 is 3.52. The third-order valence-corrected chi connectivity index (χ3v) is 3.50. The topological polar surface area (TPSA) is 21.3 Å². The van der Waals surface area contributed by atoms with Gasteiger partial charge in [-0.05, 0) is 38.5 Å². The largest absolute Gasteiger partial charge is 0.380 e. The van der Waals surface area contributed by atoms with Gasteiger partial charge in [0.25, 0.3) is 0 Å². The van der Waals surface area contributed by atoms with Crippen molar-refractivity contribution in [3.05, 3.63) is 28.2 Å². The van der Waals surface area contributed by atoms with E-state index in [-0.39, 0.29) is 6.10 Å². The van der Waals surface area contributed by atoms with E-state index in [0.29, 0.717) is 6.04 Å². The molecule has 2 nitrogen and oxygen atoms in total. The molecule has 0 saturated carbocycles. The maximum atomic E-state index is 5.26. The predicted octanol–water partition coefficient (Wildman–Crippen LogP) is 3.59. The van der Waals surface area contributed by atoms with Gasteiger partial charge in [0.1, 0.15) is 0 Å². The summed E-state index contributed by atoms with van der Waals surface area (Å²) in [5.74, 6) is 0. The normalized spacial score (nSPS) is 14.7. The highest BCUT2D eigenvalue weighted by atomic mass is 79.9. The second kappa shape index (κ2) is 5.52. The Balaban J connectivity index is 2.68. The van der Waals surface area contributed by atoms with Gasteiger partial charge in [0, 0.05) is 23.3 Å². The molecule has 1 aromatic carbocycles. The molecular weight excluding hydrogens is 254 g/mol. The number of ether oxygens (including phenoxy) is 1. The number of methoxy groups -OCH3 is 1. The Morgan fingerprint density at radius 3 is 2.53 bits per heavy atom. The smallest absolute Gasteiger partial charge is 0.0741 e. The first kappa shape index (κ1) is 12.5. The van der Waals surface area contributed by atoms with E-state index in [1.807, 2.05) is 0 Å². The summed E-state index contributed by atoms with van der Waals surface area (Å²) < 4.78 is 6.39. The van der Waals surface area contributed by atoms with Crippen LogP contribution in [0.15, 0.2) is 22.7 Å². The van der Waals surface area contributed by atoms with Crippen LogP contribution in [-0.4, -0.2) is 19.3 Å². The second-order valence-electron chi connectivity index (χ2n) is 3.84. The van der Waals surface area contributed by atoms with Crippen LogP contribution in [0.1, 0.15) is 19.4 Å². The van der Waals surface area contributed by atoms with Crippen LogP contribution in [0, 0.1) is 6.92 Å². The molecule has 0 aliphatic carbocycles. The molecule has 0 heterocycles. The lowest BCUT2D eigenvalue weighted by Crippen LogP contribution is -2.29. The highest BCUT2D eigenvalue weighted by Gasteiger charge is 2.10. The average molecular weight is 272 g/mol. The minimum Gasteiger partial charge on any atom is -0.380 e. The van der Waals surface area contributed by atoms with E-state index in [9.17, 15) is 0 Å². The van der Waals surface area contributed by atoms with Gasteiger partial charge >= 0.3 is 0 Å². The van der Waals surface area contributed by atoms with Crippen molar-refractivity contribution in [2.75, 3.05) is 12.4 Å². The van der Waals surface area contributed by atoms with E-state index in [0.717, 1.165) is 10.2 Å². The fraction of sp³-hybridized carbons (Fsp3) is 0.500. The highest BCUT2D eigenvalue weighted by Crippen LogP contribution is 2.21. The summed E-state index contributed by atoms with van der Waals surface area (Å²) in [5, 5.41) is 3.41. The molecule has 0 spiro atoms. The number of nitrogens with one attached hydrogen (secondary N) is 1. The van der Waals surface area contributed by atoms with Crippen LogP contribution in [0.4, 0.5) is 5.69 Å². The summed E-state index contributed by atoms with van der Waals surface area (Å²) in [6, 6.07) is 6.56. The maximum absolute atomic E-state index is 5.26. The van der Waals surface area contributed by atoms with Crippen LogP contribution in [0.5, 0.6) is 0 Å². The van der Waals surface area contributed by atoms with E-state index >= 15 is 0 Å². The third-order valence-electron chi connectivity index (χ3n) is 2.64. The molecule has 0 bridgehead atoms. The Kier molecular flexibility index (Phi) is 4.61. The zero-order valence-electron chi connectivity index (χ0n) is 9.67. The molecule has 0 radical (unpaired) electrons. The van der Waals surface area contributed by atoms with E-state index in [4.69, 9.17) is 4.74 Å². The lowest BCUT2D eigenvalue weighted by Gasteiger charge is -2.21. The first-order valence-electron chi connectivity index (χ1n) is 5.10. The van der Waals surface area contributed by atoms with Crippen molar-refractivity contribution in [1.82, 2.24) is 0 Å². The van der Waals surface area contributed by atoms with Crippen LogP contribution in [-0.2, 0) is 4.74 Å². The molecule has 15 heavy (non-hydrogen) atoms. The quantitative estimate of drug-likeness (QED) is 0.904. The van der Waals surface area contributed by atoms with Gasteiger partial charge in [-0.2, -0.15) is 0 Å². The number of hydrogen-bond donors (Lipinski definition) is 1. The zero-order valence-corrected chi connectivity index (χ0v) is 11.3. The molecule has 1 rings (SSSR count). The summed E-state index contributed by atoms with van der Waals surface area (Å²) in [7, 11) is 1.73. The monoisotopic (exact) mass is 271 g/mol. The molecule has 0 fully saturated rings. The first-order chi connectivity index (χ1) is 7.04. The van der Waals surface area contributed by atoms with Crippen molar-refractivity contribution in [3.8, 4) is 0 Å². The van der Waals surface area contributed by atoms with Crippen LogP contribution in [0.2, 0.25) is 0 Å². The van der Waals surface area contributed by atoms with Crippen LogP contribution in [0.25, 0.3) is 0 Å².